The van der Waals surface area contributed by atoms with E-state index in [0.717, 1.165) is 29.5 Å². The number of hydrogen-bond donors (Lipinski definition) is 1. The summed E-state index contributed by atoms with van der Waals surface area (Å²) >= 11 is 3.39. The molecule has 2 aromatic rings. The van der Waals surface area contributed by atoms with E-state index < -0.39 is 0 Å². The molecule has 1 aromatic carbocycles. The molecule has 16 heavy (non-hydrogen) atoms. The molecule has 4 nitrogen and oxygen atoms in total. The van der Waals surface area contributed by atoms with E-state index in [1.807, 2.05) is 18.2 Å². The molecule has 0 amide bonds. The van der Waals surface area contributed by atoms with Gasteiger partial charge >= 0.3 is 5.76 Å². The van der Waals surface area contributed by atoms with Crippen molar-refractivity contribution in [3.8, 4) is 0 Å². The van der Waals surface area contributed by atoms with Crippen LogP contribution in [-0.2, 0) is 0 Å². The van der Waals surface area contributed by atoms with Gasteiger partial charge in [-0.25, -0.2) is 4.79 Å². The van der Waals surface area contributed by atoms with Crippen molar-refractivity contribution in [2.45, 2.75) is 12.5 Å². The summed E-state index contributed by atoms with van der Waals surface area (Å²) in [6.07, 6.45) is 0.973. The number of para-hydroxylation sites is 1. The molecule has 3 rings (SSSR count). The van der Waals surface area contributed by atoms with Crippen LogP contribution >= 0.6 is 15.9 Å². The van der Waals surface area contributed by atoms with Crippen molar-refractivity contribution in [3.63, 3.8) is 0 Å². The zero-order valence-corrected chi connectivity index (χ0v) is 10.2. The number of rotatable bonds is 1. The third kappa shape index (κ3) is 1.43. The highest BCUT2D eigenvalue weighted by Gasteiger charge is 2.22. The molecule has 1 fully saturated rings. The molecule has 2 heterocycles. The summed E-state index contributed by atoms with van der Waals surface area (Å²) in [5.41, 5.74) is 1.51. The summed E-state index contributed by atoms with van der Waals surface area (Å²) in [7, 11) is 0. The minimum absolute atomic E-state index is 0.211. The molecule has 1 saturated heterocycles. The van der Waals surface area contributed by atoms with Crippen molar-refractivity contribution in [1.29, 1.82) is 0 Å². The smallest absolute Gasteiger partial charge is 0.406 e. The Bertz CT molecular complexity index is 581. The molecule has 0 saturated carbocycles. The first-order valence-electron chi connectivity index (χ1n) is 5.27. The lowest BCUT2D eigenvalue weighted by Gasteiger charge is -2.08. The van der Waals surface area contributed by atoms with Crippen molar-refractivity contribution in [1.82, 2.24) is 9.88 Å². The Balaban J connectivity index is 2.27. The van der Waals surface area contributed by atoms with Gasteiger partial charge in [-0.05, 0) is 41.0 Å². The number of oxazole rings is 1. The lowest BCUT2D eigenvalue weighted by atomic mass is 10.2. The molecule has 84 valence electrons. The molecule has 5 heteroatoms. The summed E-state index contributed by atoms with van der Waals surface area (Å²) < 4.78 is 7.85. The minimum Gasteiger partial charge on any atom is -0.406 e. The maximum atomic E-state index is 11.8. The average Bonchev–Trinajstić information content (AvgIpc) is 2.85. The van der Waals surface area contributed by atoms with E-state index in [2.05, 4.69) is 21.2 Å². The number of hydrogen-bond acceptors (Lipinski definition) is 3. The standard InChI is InChI=1S/C11H11BrN2O2/c12-8-2-1-3-9-10(8)16-11(15)14(9)7-4-5-13-6-7/h1-3,7,13H,4-6H2. The molecule has 0 aliphatic carbocycles. The molecule has 0 bridgehead atoms. The van der Waals surface area contributed by atoms with E-state index in [4.69, 9.17) is 4.42 Å². The van der Waals surface area contributed by atoms with Gasteiger partial charge in [-0.2, -0.15) is 0 Å². The van der Waals surface area contributed by atoms with Crippen LogP contribution < -0.4 is 11.1 Å². The Labute approximate surface area is 100 Å². The first kappa shape index (κ1) is 10.1. The highest BCUT2D eigenvalue weighted by atomic mass is 79.9. The Hall–Kier alpha value is -1.07. The number of fused-ring (bicyclic) bond motifs is 1. The van der Waals surface area contributed by atoms with Crippen LogP contribution in [0.3, 0.4) is 0 Å². The number of nitrogens with one attached hydrogen (secondary N) is 1. The number of aromatic nitrogens is 1. The van der Waals surface area contributed by atoms with Gasteiger partial charge in [-0.3, -0.25) is 4.57 Å². The third-order valence-electron chi connectivity index (χ3n) is 2.99. The fourth-order valence-corrected chi connectivity index (χ4v) is 2.67. The van der Waals surface area contributed by atoms with Gasteiger partial charge in [0.1, 0.15) is 0 Å². The van der Waals surface area contributed by atoms with Gasteiger partial charge in [0.2, 0.25) is 0 Å². The van der Waals surface area contributed by atoms with Crippen LogP contribution in [0.4, 0.5) is 0 Å². The van der Waals surface area contributed by atoms with Crippen molar-refractivity contribution < 1.29 is 4.42 Å². The number of nitrogens with zero attached hydrogens (tertiary/aromatic N) is 1. The third-order valence-corrected chi connectivity index (χ3v) is 3.62. The topological polar surface area (TPSA) is 47.2 Å². The zero-order chi connectivity index (χ0) is 11.1. The van der Waals surface area contributed by atoms with Gasteiger partial charge in [-0.15, -0.1) is 0 Å². The van der Waals surface area contributed by atoms with E-state index in [1.54, 1.807) is 4.57 Å². The van der Waals surface area contributed by atoms with E-state index in [-0.39, 0.29) is 11.8 Å². The predicted molar refractivity (Wildman–Crippen MR) is 64.7 cm³/mol. The molecular weight excluding hydrogens is 272 g/mol. The highest BCUT2D eigenvalue weighted by molar-refractivity contribution is 9.10. The average molecular weight is 283 g/mol. The number of benzene rings is 1. The van der Waals surface area contributed by atoms with Gasteiger partial charge in [0.25, 0.3) is 0 Å². The Morgan fingerprint density at radius 3 is 3.12 bits per heavy atom. The summed E-state index contributed by atoms with van der Waals surface area (Å²) in [5.74, 6) is -0.268. The van der Waals surface area contributed by atoms with Gasteiger partial charge in [0, 0.05) is 6.54 Å². The molecular formula is C11H11BrN2O2. The summed E-state index contributed by atoms with van der Waals surface area (Å²) in [6.45, 7) is 1.79. The van der Waals surface area contributed by atoms with E-state index in [1.165, 1.54) is 0 Å². The highest BCUT2D eigenvalue weighted by Crippen LogP contribution is 2.26. The molecule has 0 radical (unpaired) electrons. The second kappa shape index (κ2) is 3.75. The van der Waals surface area contributed by atoms with Crippen LogP contribution in [-0.4, -0.2) is 17.7 Å². The van der Waals surface area contributed by atoms with Gasteiger partial charge < -0.3 is 9.73 Å². The molecule has 1 N–H and O–H groups in total. The summed E-state index contributed by atoms with van der Waals surface area (Å²) in [6, 6.07) is 5.93. The molecule has 1 aliphatic heterocycles. The summed E-state index contributed by atoms with van der Waals surface area (Å²) in [4.78, 5) is 11.8. The first-order valence-corrected chi connectivity index (χ1v) is 6.07. The summed E-state index contributed by atoms with van der Waals surface area (Å²) in [5, 5.41) is 3.25. The minimum atomic E-state index is -0.268. The largest absolute Gasteiger partial charge is 0.420 e. The fraction of sp³-hybridized carbons (Fsp3) is 0.364. The Morgan fingerprint density at radius 2 is 2.38 bits per heavy atom. The van der Waals surface area contributed by atoms with Crippen LogP contribution in [0.5, 0.6) is 0 Å². The van der Waals surface area contributed by atoms with E-state index in [9.17, 15) is 4.79 Å². The SMILES string of the molecule is O=c1oc2c(Br)cccc2n1C1CCNC1. The maximum absolute atomic E-state index is 11.8. The normalized spacial score (nSPS) is 20.7. The van der Waals surface area contributed by atoms with Crippen molar-refractivity contribution >= 4 is 27.0 Å². The molecule has 1 atom stereocenters. The van der Waals surface area contributed by atoms with Crippen LogP contribution in [0, 0.1) is 0 Å². The van der Waals surface area contributed by atoms with Crippen molar-refractivity contribution in [2.75, 3.05) is 13.1 Å². The van der Waals surface area contributed by atoms with Gasteiger partial charge in [0.05, 0.1) is 16.0 Å². The number of halogens is 1. The van der Waals surface area contributed by atoms with Crippen LogP contribution in [0.25, 0.3) is 11.1 Å². The van der Waals surface area contributed by atoms with Crippen LogP contribution in [0.15, 0.2) is 31.9 Å². The Morgan fingerprint density at radius 1 is 1.50 bits per heavy atom. The maximum Gasteiger partial charge on any atom is 0.420 e. The van der Waals surface area contributed by atoms with E-state index >= 15 is 0 Å². The second-order valence-corrected chi connectivity index (χ2v) is 4.83. The first-order chi connectivity index (χ1) is 7.77. The zero-order valence-electron chi connectivity index (χ0n) is 8.57. The molecule has 1 unspecified atom stereocenters. The molecule has 1 aliphatic rings. The van der Waals surface area contributed by atoms with Gasteiger partial charge in [0.15, 0.2) is 5.58 Å². The van der Waals surface area contributed by atoms with E-state index in [0.29, 0.717) is 5.58 Å². The monoisotopic (exact) mass is 282 g/mol. The quantitative estimate of drug-likeness (QED) is 0.869. The lowest BCUT2D eigenvalue weighted by Crippen LogP contribution is -2.22. The second-order valence-electron chi connectivity index (χ2n) is 3.97. The van der Waals surface area contributed by atoms with Gasteiger partial charge in [-0.1, -0.05) is 6.07 Å². The Kier molecular flexibility index (Phi) is 2.37. The van der Waals surface area contributed by atoms with Crippen molar-refractivity contribution in [3.05, 3.63) is 33.2 Å². The molecule has 0 spiro atoms. The predicted octanol–water partition coefficient (Wildman–Crippen LogP) is 1.89. The molecule has 1 aromatic heterocycles. The fourth-order valence-electron chi connectivity index (χ4n) is 2.23. The van der Waals surface area contributed by atoms with Crippen LogP contribution in [0.1, 0.15) is 12.5 Å². The van der Waals surface area contributed by atoms with Crippen LogP contribution in [0.2, 0.25) is 0 Å². The lowest BCUT2D eigenvalue weighted by molar-refractivity contribution is 0.459. The van der Waals surface area contributed by atoms with Crippen molar-refractivity contribution in [2.24, 2.45) is 0 Å².